The van der Waals surface area contributed by atoms with Crippen LogP contribution in [0.4, 0.5) is 0 Å². The van der Waals surface area contributed by atoms with Crippen LogP contribution < -0.4 is 21.3 Å². The molecule has 0 bridgehead atoms. The van der Waals surface area contributed by atoms with Gasteiger partial charge in [0, 0.05) is 99.4 Å². The second kappa shape index (κ2) is 39.9. The SMILES string of the molecule is CCCC[C@@H]1NC(=O)[C@H](Cc2cccc(I)c2)NC(=O)CN(C)C(=O)[C@@H](Cc2ccc(C)cc2)N(C)C(=O)CN(C)C(=O)CN(C)C(=O)[C@H]([C@@H](C)CC)NC(=O)[C@H](CC(C)C)N(C)C(=O)C[C@@H](C(=O)N2CCCCC2)N(C)C(=O)[C@H](CC(C)C)NC(=O)[C@@H](CCC(=O)N(C)C)N(C)C1=O. The number of hydrogen-bond donors (Lipinski definition) is 4. The molecule has 2 aliphatic heterocycles. The normalized spacial score (nSPS) is 23.5. The lowest BCUT2D eigenvalue weighted by atomic mass is 9.95. The molecule has 550 valence electrons. The van der Waals surface area contributed by atoms with E-state index in [0.29, 0.717) is 56.3 Å². The van der Waals surface area contributed by atoms with Crippen molar-refractivity contribution in [1.29, 1.82) is 0 Å². The van der Waals surface area contributed by atoms with Gasteiger partial charge in [-0.3, -0.25) is 62.3 Å². The molecule has 2 aromatic carbocycles. The zero-order valence-corrected chi connectivity index (χ0v) is 63.8. The molecule has 0 unspecified atom stereocenters. The monoisotopic (exact) mass is 1490 g/mol. The van der Waals surface area contributed by atoms with Crippen molar-refractivity contribution in [2.45, 2.75) is 194 Å². The number of nitrogens with one attached hydrogen (secondary N) is 4. The van der Waals surface area contributed by atoms with E-state index in [0.717, 1.165) is 40.1 Å². The number of hydrogen-bond acceptors (Lipinski definition) is 13. The van der Waals surface area contributed by atoms with Crippen LogP contribution in [-0.2, 0) is 75.2 Å². The molecule has 26 nitrogen and oxygen atoms in total. The first-order chi connectivity index (χ1) is 46.5. The highest BCUT2D eigenvalue weighted by atomic mass is 127. The molecule has 0 radical (unpaired) electrons. The molecule has 0 saturated carbocycles. The summed E-state index contributed by atoms with van der Waals surface area (Å²) in [5.41, 5.74) is 2.27. The van der Waals surface area contributed by atoms with Crippen molar-refractivity contribution < 1.29 is 62.3 Å². The van der Waals surface area contributed by atoms with Gasteiger partial charge in [0.2, 0.25) is 76.8 Å². The summed E-state index contributed by atoms with van der Waals surface area (Å²) in [4.78, 5) is 202. The third kappa shape index (κ3) is 25.1. The first kappa shape index (κ1) is 83.7. The lowest BCUT2D eigenvalue weighted by Crippen LogP contribution is -2.61. The Kier molecular flexibility index (Phi) is 33.7. The molecule has 0 spiro atoms. The van der Waals surface area contributed by atoms with E-state index in [2.05, 4.69) is 43.9 Å². The summed E-state index contributed by atoms with van der Waals surface area (Å²) in [7, 11) is 12.8. The van der Waals surface area contributed by atoms with Crippen LogP contribution in [0.2, 0.25) is 0 Å². The van der Waals surface area contributed by atoms with Crippen LogP contribution in [0.3, 0.4) is 0 Å². The van der Waals surface area contributed by atoms with Gasteiger partial charge in [-0.05, 0) is 115 Å². The Balaban J connectivity index is 1.94. The largest absolute Gasteiger partial charge is 0.349 e. The zero-order valence-electron chi connectivity index (χ0n) is 61.6. The van der Waals surface area contributed by atoms with Crippen LogP contribution in [0.15, 0.2) is 48.5 Å². The Morgan fingerprint density at radius 1 is 0.556 bits per heavy atom. The highest BCUT2D eigenvalue weighted by Gasteiger charge is 2.42. The average molecular weight is 1490 g/mol. The van der Waals surface area contributed by atoms with Gasteiger partial charge >= 0.3 is 0 Å². The highest BCUT2D eigenvalue weighted by molar-refractivity contribution is 14.1. The maximum Gasteiger partial charge on any atom is 0.245 e. The van der Waals surface area contributed by atoms with Crippen molar-refractivity contribution in [3.05, 3.63) is 68.8 Å². The fraction of sp³-hybridized carbons (Fsp3) is 0.653. The summed E-state index contributed by atoms with van der Waals surface area (Å²) in [6.07, 6.45) is 2.71. The van der Waals surface area contributed by atoms with E-state index in [1.54, 1.807) is 38.1 Å². The van der Waals surface area contributed by atoms with Crippen molar-refractivity contribution in [2.75, 3.05) is 96.2 Å². The number of likely N-dealkylation sites (tertiary alicyclic amines) is 1. The highest BCUT2D eigenvalue weighted by Crippen LogP contribution is 2.23. The van der Waals surface area contributed by atoms with Gasteiger partial charge in [-0.1, -0.05) is 110 Å². The van der Waals surface area contributed by atoms with E-state index in [9.17, 15) is 47.9 Å². The molecule has 99 heavy (non-hydrogen) atoms. The predicted molar refractivity (Wildman–Crippen MR) is 385 cm³/mol. The Bertz CT molecular complexity index is 3140. The third-order valence-electron chi connectivity index (χ3n) is 18.8. The number of rotatable bonds is 17. The van der Waals surface area contributed by atoms with E-state index < -0.39 is 151 Å². The van der Waals surface area contributed by atoms with Crippen LogP contribution in [0.1, 0.15) is 142 Å². The lowest BCUT2D eigenvalue weighted by molar-refractivity contribution is -0.151. The minimum Gasteiger partial charge on any atom is -0.349 e. The van der Waals surface area contributed by atoms with Crippen LogP contribution in [0.5, 0.6) is 0 Å². The summed E-state index contributed by atoms with van der Waals surface area (Å²) in [5, 5.41) is 11.5. The van der Waals surface area contributed by atoms with Gasteiger partial charge in [0.25, 0.3) is 0 Å². The summed E-state index contributed by atoms with van der Waals surface area (Å²) < 4.78 is 0.831. The minimum atomic E-state index is -1.44. The average Bonchev–Trinajstić information content (AvgIpc) is 0.823. The lowest BCUT2D eigenvalue weighted by Gasteiger charge is -2.38. The first-order valence-corrected chi connectivity index (χ1v) is 35.9. The molecule has 2 fully saturated rings. The van der Waals surface area contributed by atoms with Crippen LogP contribution in [0.25, 0.3) is 0 Å². The van der Waals surface area contributed by atoms with Gasteiger partial charge in [0.1, 0.15) is 48.3 Å². The van der Waals surface area contributed by atoms with Gasteiger partial charge in [-0.15, -0.1) is 0 Å². The molecule has 2 heterocycles. The molecule has 2 aromatic rings. The number of likely N-dealkylation sites (N-methyl/N-ethyl adjacent to an activating group) is 7. The number of piperidine rings is 1. The zero-order chi connectivity index (χ0) is 74.3. The Morgan fingerprint density at radius 3 is 1.72 bits per heavy atom. The molecule has 2 aliphatic rings. The van der Waals surface area contributed by atoms with Gasteiger partial charge in [0.05, 0.1) is 26.1 Å². The topological polar surface area (TPSA) is 299 Å². The van der Waals surface area contributed by atoms with Crippen molar-refractivity contribution in [3.8, 4) is 0 Å². The molecular formula is C72H112IN13O13. The minimum absolute atomic E-state index is 0.00634. The van der Waals surface area contributed by atoms with Crippen LogP contribution in [0, 0.1) is 28.2 Å². The smallest absolute Gasteiger partial charge is 0.245 e. The van der Waals surface area contributed by atoms with Crippen molar-refractivity contribution in [2.24, 2.45) is 17.8 Å². The van der Waals surface area contributed by atoms with Gasteiger partial charge in [0.15, 0.2) is 0 Å². The molecule has 2 saturated heterocycles. The van der Waals surface area contributed by atoms with E-state index in [1.165, 1.54) is 64.0 Å². The number of benzene rings is 2. The van der Waals surface area contributed by atoms with E-state index >= 15 is 14.4 Å². The second-order valence-electron chi connectivity index (χ2n) is 28.1. The van der Waals surface area contributed by atoms with E-state index in [-0.39, 0.29) is 62.7 Å². The number of amides is 13. The molecule has 9 atom stereocenters. The van der Waals surface area contributed by atoms with Gasteiger partial charge in [-0.2, -0.15) is 0 Å². The Morgan fingerprint density at radius 2 is 1.13 bits per heavy atom. The molecule has 13 amide bonds. The van der Waals surface area contributed by atoms with E-state index in [4.69, 9.17) is 0 Å². The predicted octanol–water partition coefficient (Wildman–Crippen LogP) is 3.62. The summed E-state index contributed by atoms with van der Waals surface area (Å²) in [6.45, 7) is 13.8. The fourth-order valence-electron chi connectivity index (χ4n) is 12.1. The standard InChI is InChI=1S/C72H112IN13O13/c1-18-20-27-52-68(95)84(16)55(32-33-60(88)78(9)10)66(93)76-54(36-45(3)4)69(96)85(17)58(71(98)86-34-22-21-23-35-86)41-61(89)82(14)56(37-46(5)6)67(94)77-64(48(8)19-2)72(99)81(13)43-62(90)79(11)44-63(91)83(15)57(40-49-30-28-47(7)29-31-49)70(97)80(12)42-59(87)74-53(65(92)75-52)39-50-25-24-26-51(73)38-50/h24-26,28-31,38,45-46,48,52-58,64H,18-23,27,32-37,39-44H2,1-17H3,(H,74,87)(H,75,92)(H,76,93)(H,77,94)/t48-,52-,53-,54-,55+,56-,57+,58-,64-/m0/s1. The van der Waals surface area contributed by atoms with Crippen molar-refractivity contribution >= 4 is 99.4 Å². The number of carbonyl (C=O) groups excluding carboxylic acids is 13. The number of halogens is 1. The van der Waals surface area contributed by atoms with Crippen molar-refractivity contribution in [1.82, 2.24) is 65.4 Å². The quantitative estimate of drug-likeness (QED) is 0.165. The second-order valence-corrected chi connectivity index (χ2v) is 29.3. The van der Waals surface area contributed by atoms with Gasteiger partial charge in [-0.25, -0.2) is 0 Å². The maximum absolute atomic E-state index is 15.3. The Hall–Kier alpha value is -7.72. The van der Waals surface area contributed by atoms with Crippen LogP contribution >= 0.6 is 22.6 Å². The molecular weight excluding hydrogens is 1380 g/mol. The van der Waals surface area contributed by atoms with Gasteiger partial charge < -0.3 is 65.4 Å². The Labute approximate surface area is 600 Å². The molecule has 4 N–H and O–H groups in total. The number of carbonyl (C=O) groups is 13. The molecule has 4 rings (SSSR count). The molecule has 0 aliphatic carbocycles. The third-order valence-corrected chi connectivity index (χ3v) is 19.5. The summed E-state index contributed by atoms with van der Waals surface area (Å²) >= 11 is 2.12. The number of unbranched alkanes of at least 4 members (excludes halogenated alkanes) is 1. The number of nitrogens with zero attached hydrogens (tertiary/aromatic N) is 9. The number of aryl methyl sites for hydroxylation is 1. The fourth-order valence-corrected chi connectivity index (χ4v) is 12.8. The van der Waals surface area contributed by atoms with E-state index in [1.807, 2.05) is 84.9 Å². The molecule has 27 heteroatoms. The summed E-state index contributed by atoms with van der Waals surface area (Å²) in [6, 6.07) is 4.04. The van der Waals surface area contributed by atoms with Crippen LogP contribution in [-0.4, -0.2) is 265 Å². The summed E-state index contributed by atoms with van der Waals surface area (Å²) in [5.74, 6) is -9.59. The maximum atomic E-state index is 15.3. The first-order valence-electron chi connectivity index (χ1n) is 34.8. The molecule has 0 aromatic heterocycles. The van der Waals surface area contributed by atoms with Crippen molar-refractivity contribution in [3.63, 3.8) is 0 Å².